The molecule has 0 spiro atoms. The standard InChI is InChI=1S/C27H31ClF2N4O5S.C23H23ClN6O3/c1-15-6-7-17(9-18(15)28)32-23(36)21-16(2)20(19-5-4-8-34(19)21)22(35)24(37)33-26(10-27(29,30)11-26)12-31-25(3)13-40(38,39)14-25;1-12-5-6-14(10-15(12)24)26-21(32)19-13(2)18(16-4-3-9-30(16)19)20(31)22(33)27-23(7-8-23)17-11-25-29-28-17/h6-7,9,31H,4-5,8,10-14H2,1-3H3,(H,32,36)(H,33,37);5-6,10-11H,3-4,7-9H2,1-2H3,(H,26,32)(H,27,33)(H,25,28,29). The number of aromatic nitrogens is 5. The number of H-pyrrole nitrogens is 1. The van der Waals surface area contributed by atoms with Crippen LogP contribution in [-0.2, 0) is 50.9 Å². The number of halogens is 4. The molecule has 2 aromatic carbocycles. The van der Waals surface area contributed by atoms with Gasteiger partial charge >= 0.3 is 0 Å². The number of rotatable bonds is 14. The minimum absolute atomic E-state index is 0.104. The monoisotopic (exact) mass is 1060 g/mol. The zero-order chi connectivity index (χ0) is 52.6. The van der Waals surface area contributed by atoms with Crippen molar-refractivity contribution < 1.29 is 46.0 Å². The first-order chi connectivity index (χ1) is 34.3. The summed E-state index contributed by atoms with van der Waals surface area (Å²) in [5.41, 5.74) is 3.78. The Hall–Kier alpha value is -6.29. The Morgan fingerprint density at radius 1 is 0.740 bits per heavy atom. The number of ketones is 2. The molecule has 2 saturated carbocycles. The second-order valence-electron chi connectivity index (χ2n) is 20.4. The normalized spacial score (nSPS) is 18.6. The molecule has 23 heteroatoms. The Bertz CT molecular complexity index is 3250. The number of fused-ring (bicyclic) bond motifs is 2. The predicted octanol–water partition coefficient (Wildman–Crippen LogP) is 6.26. The lowest BCUT2D eigenvalue weighted by atomic mass is 9.72. The molecule has 0 atom stereocenters. The van der Waals surface area contributed by atoms with Crippen molar-refractivity contribution in [2.24, 2.45) is 0 Å². The second kappa shape index (κ2) is 18.9. The van der Waals surface area contributed by atoms with E-state index in [4.69, 9.17) is 23.2 Å². The van der Waals surface area contributed by atoms with Gasteiger partial charge in [-0.15, -0.1) is 0 Å². The van der Waals surface area contributed by atoms with Crippen LogP contribution in [0.25, 0.3) is 0 Å². The molecule has 5 aromatic rings. The number of carbonyl (C=O) groups is 6. The summed E-state index contributed by atoms with van der Waals surface area (Å²) in [5, 5.41) is 25.5. The van der Waals surface area contributed by atoms with Crippen molar-refractivity contribution in [2.75, 3.05) is 28.7 Å². The third-order valence-corrected chi connectivity index (χ3v) is 17.5. The lowest BCUT2D eigenvalue weighted by Gasteiger charge is -2.50. The van der Waals surface area contributed by atoms with Crippen LogP contribution in [-0.4, -0.2) is 103 Å². The molecule has 3 aliphatic heterocycles. The van der Waals surface area contributed by atoms with Gasteiger partial charge in [0.05, 0.1) is 39.9 Å². The number of nitrogens with zero attached hydrogens (tertiary/aromatic N) is 4. The molecule has 0 unspecified atom stereocenters. The minimum Gasteiger partial charge on any atom is -0.342 e. The number of benzene rings is 2. The maximum absolute atomic E-state index is 14.0. The molecule has 18 nitrogen and oxygen atoms in total. The van der Waals surface area contributed by atoms with Crippen LogP contribution in [0.1, 0.15) is 126 Å². The van der Waals surface area contributed by atoms with E-state index in [0.717, 1.165) is 23.2 Å². The van der Waals surface area contributed by atoms with Crippen molar-refractivity contribution in [2.45, 2.75) is 122 Å². The predicted molar refractivity (Wildman–Crippen MR) is 267 cm³/mol. The third-order valence-electron chi connectivity index (χ3n) is 14.5. The average Bonchev–Trinajstić information content (AvgIpc) is 3.86. The number of alkyl halides is 2. The van der Waals surface area contributed by atoms with E-state index in [-0.39, 0.29) is 35.2 Å². The van der Waals surface area contributed by atoms with Crippen LogP contribution in [0, 0.1) is 27.7 Å². The van der Waals surface area contributed by atoms with Crippen molar-refractivity contribution in [3.8, 4) is 0 Å². The second-order valence-corrected chi connectivity index (χ2v) is 23.3. The number of aryl methyl sites for hydroxylation is 2. The molecular formula is C50H54Cl2F2N10O8S. The third kappa shape index (κ3) is 10.1. The van der Waals surface area contributed by atoms with Crippen LogP contribution >= 0.6 is 23.2 Å². The highest BCUT2D eigenvalue weighted by Gasteiger charge is 2.59. The summed E-state index contributed by atoms with van der Waals surface area (Å²) >= 11 is 12.4. The number of amides is 4. The lowest BCUT2D eigenvalue weighted by molar-refractivity contribution is -0.145. The van der Waals surface area contributed by atoms with Crippen LogP contribution in [0.3, 0.4) is 0 Å². The van der Waals surface area contributed by atoms with Crippen molar-refractivity contribution in [3.05, 3.63) is 114 Å². The van der Waals surface area contributed by atoms with Gasteiger partial charge in [-0.25, -0.2) is 17.2 Å². The van der Waals surface area contributed by atoms with Crippen molar-refractivity contribution >= 4 is 79.6 Å². The van der Waals surface area contributed by atoms with Crippen LogP contribution in [0.5, 0.6) is 0 Å². The first-order valence-electron chi connectivity index (χ1n) is 23.9. The summed E-state index contributed by atoms with van der Waals surface area (Å²) in [6, 6.07) is 10.4. The van der Waals surface area contributed by atoms with Gasteiger partial charge in [-0.05, 0) is 120 Å². The summed E-state index contributed by atoms with van der Waals surface area (Å²) in [6.45, 7) is 9.71. The summed E-state index contributed by atoms with van der Waals surface area (Å²) in [4.78, 5) is 79.4. The molecule has 2 aliphatic carbocycles. The van der Waals surface area contributed by atoms with E-state index in [1.54, 1.807) is 61.9 Å². The van der Waals surface area contributed by atoms with Crippen molar-refractivity contribution in [1.82, 2.24) is 40.5 Å². The summed E-state index contributed by atoms with van der Waals surface area (Å²) < 4.78 is 54.8. The molecule has 0 radical (unpaired) electrons. The van der Waals surface area contributed by atoms with Gasteiger partial charge in [-0.1, -0.05) is 35.3 Å². The molecule has 386 valence electrons. The molecule has 10 rings (SSSR count). The number of nitrogens with one attached hydrogen (secondary N) is 6. The first kappa shape index (κ1) is 51.6. The van der Waals surface area contributed by atoms with Crippen LogP contribution in [0.15, 0.2) is 42.6 Å². The smallest absolute Gasteiger partial charge is 0.293 e. The molecule has 6 heterocycles. The molecule has 4 amide bonds. The Kier molecular flexibility index (Phi) is 13.3. The van der Waals surface area contributed by atoms with Crippen molar-refractivity contribution in [1.29, 1.82) is 0 Å². The first-order valence-corrected chi connectivity index (χ1v) is 26.4. The van der Waals surface area contributed by atoms with Gasteiger partial charge in [-0.2, -0.15) is 15.4 Å². The van der Waals surface area contributed by atoms with E-state index in [2.05, 4.69) is 42.0 Å². The van der Waals surface area contributed by atoms with E-state index in [1.165, 1.54) is 0 Å². The molecule has 1 saturated heterocycles. The Labute approximate surface area is 429 Å². The van der Waals surface area contributed by atoms with Gasteiger partial charge in [0.1, 0.15) is 17.1 Å². The van der Waals surface area contributed by atoms with E-state index in [1.807, 2.05) is 24.5 Å². The fourth-order valence-corrected chi connectivity index (χ4v) is 13.2. The summed E-state index contributed by atoms with van der Waals surface area (Å²) in [6.07, 6.45) is 4.19. The number of anilines is 2. The zero-order valence-corrected chi connectivity index (χ0v) is 43.0. The van der Waals surface area contributed by atoms with Crippen molar-refractivity contribution in [3.63, 3.8) is 0 Å². The fourth-order valence-electron chi connectivity index (χ4n) is 10.8. The Balaban J connectivity index is 0.000000183. The molecule has 3 fully saturated rings. The van der Waals surface area contributed by atoms with Crippen LogP contribution < -0.4 is 26.6 Å². The fraction of sp³-hybridized carbons (Fsp3) is 0.440. The quantitative estimate of drug-likeness (QED) is 0.0535. The minimum atomic E-state index is -3.17. The number of carbonyl (C=O) groups excluding carboxylic acids is 6. The van der Waals surface area contributed by atoms with E-state index in [9.17, 15) is 46.0 Å². The molecule has 3 aromatic heterocycles. The van der Waals surface area contributed by atoms with Gasteiger partial charge in [0, 0.05) is 70.8 Å². The summed E-state index contributed by atoms with van der Waals surface area (Å²) in [7, 11) is -3.17. The lowest BCUT2D eigenvalue weighted by Crippen LogP contribution is -2.71. The van der Waals surface area contributed by atoms with Crippen LogP contribution in [0.4, 0.5) is 20.2 Å². The topological polar surface area (TPSA) is 248 Å². The highest BCUT2D eigenvalue weighted by molar-refractivity contribution is 7.93. The van der Waals surface area contributed by atoms with Gasteiger partial charge < -0.3 is 35.7 Å². The van der Waals surface area contributed by atoms with E-state index < -0.39 is 74.5 Å². The van der Waals surface area contributed by atoms with Gasteiger partial charge in [0.25, 0.3) is 41.1 Å². The number of hydrogen-bond acceptors (Lipinski definition) is 11. The maximum Gasteiger partial charge on any atom is 0.293 e. The average molecular weight is 1060 g/mol. The highest BCUT2D eigenvalue weighted by Crippen LogP contribution is 2.46. The zero-order valence-electron chi connectivity index (χ0n) is 40.7. The largest absolute Gasteiger partial charge is 0.342 e. The van der Waals surface area contributed by atoms with Gasteiger partial charge in [0.2, 0.25) is 0 Å². The SMILES string of the molecule is Cc1ccc(NC(=O)c2c(C)c(C(=O)C(=O)NC3(CNC4(C)CS(=O)(=O)C4)CC(F)(F)C3)c3n2CCC3)cc1Cl.Cc1ccc(NC(=O)c2c(C)c(C(=O)C(=O)NC3(c4cn[nH]n4)CC3)c3n2CCC3)cc1Cl. The molecule has 6 N–H and O–H groups in total. The molecule has 73 heavy (non-hydrogen) atoms. The molecule has 0 bridgehead atoms. The van der Waals surface area contributed by atoms with Gasteiger partial charge in [0.15, 0.2) is 9.84 Å². The number of aromatic amines is 1. The highest BCUT2D eigenvalue weighted by atomic mass is 35.5. The summed E-state index contributed by atoms with van der Waals surface area (Å²) in [5.74, 6) is -7.33. The van der Waals surface area contributed by atoms with E-state index >= 15 is 0 Å². The van der Waals surface area contributed by atoms with E-state index in [0.29, 0.717) is 100 Å². The number of Topliss-reactive ketones (excluding diaryl/α,β-unsaturated/α-hetero) is 2. The molecule has 5 aliphatic rings. The maximum atomic E-state index is 14.0. The molecular weight excluding hydrogens is 1010 g/mol. The van der Waals surface area contributed by atoms with Crippen LogP contribution in [0.2, 0.25) is 10.0 Å². The van der Waals surface area contributed by atoms with Gasteiger partial charge in [-0.3, -0.25) is 28.8 Å². The Morgan fingerprint density at radius 2 is 1.22 bits per heavy atom. The number of hydrogen-bond donors (Lipinski definition) is 6. The number of sulfone groups is 1. The Morgan fingerprint density at radius 3 is 1.63 bits per heavy atom.